The van der Waals surface area contributed by atoms with E-state index in [9.17, 15) is 39.5 Å². The van der Waals surface area contributed by atoms with E-state index in [1.807, 2.05) is 0 Å². The highest BCUT2D eigenvalue weighted by Gasteiger charge is 2.72. The van der Waals surface area contributed by atoms with Crippen molar-refractivity contribution in [3.8, 4) is 0 Å². The molecule has 0 aliphatic heterocycles. The molecule has 0 atom stereocenters. The predicted molar refractivity (Wildman–Crippen MR) is 29.7 cm³/mol. The van der Waals surface area contributed by atoms with Gasteiger partial charge in [0.05, 0.1) is 0 Å². The normalized spacial score (nSPS) is 15.6. The Morgan fingerprint density at radius 3 is 1.27 bits per heavy atom. The molecule has 0 aromatic heterocycles. The number of rotatable bonds is 3. The Hall–Kier alpha value is -0.670. The molecular formula is C5H4F9N. The maximum Gasteiger partial charge on any atom is 0.395 e. The van der Waals surface area contributed by atoms with Crippen molar-refractivity contribution < 1.29 is 39.5 Å². The molecule has 0 amide bonds. The van der Waals surface area contributed by atoms with E-state index in [2.05, 4.69) is 5.73 Å². The topological polar surface area (TPSA) is 26.0 Å². The van der Waals surface area contributed by atoms with Crippen LogP contribution in [0.1, 0.15) is 6.42 Å². The molecule has 1 nitrogen and oxygen atoms in total. The van der Waals surface area contributed by atoms with Crippen LogP contribution in [0, 0.1) is 0 Å². The molecular weight excluding hydrogens is 245 g/mol. The fraction of sp³-hybridized carbons (Fsp3) is 1.00. The van der Waals surface area contributed by atoms with Gasteiger partial charge in [0.2, 0.25) is 0 Å². The Morgan fingerprint density at radius 2 is 1.07 bits per heavy atom. The summed E-state index contributed by atoms with van der Waals surface area (Å²) in [5, 5.41) is 0. The zero-order valence-electron chi connectivity index (χ0n) is 6.69. The van der Waals surface area contributed by atoms with Gasteiger partial charge >= 0.3 is 24.1 Å². The zero-order chi connectivity index (χ0) is 12.7. The van der Waals surface area contributed by atoms with Crippen LogP contribution in [0.4, 0.5) is 39.5 Å². The summed E-state index contributed by atoms with van der Waals surface area (Å²) in [7, 11) is 0. The van der Waals surface area contributed by atoms with Crippen molar-refractivity contribution >= 4 is 0 Å². The molecule has 10 heteroatoms. The van der Waals surface area contributed by atoms with Gasteiger partial charge in [0, 0.05) is 0 Å². The van der Waals surface area contributed by atoms with Gasteiger partial charge in [-0.15, -0.1) is 0 Å². The molecule has 0 heterocycles. The molecule has 15 heavy (non-hydrogen) atoms. The molecule has 92 valence electrons. The summed E-state index contributed by atoms with van der Waals surface area (Å²) >= 11 is 0. The molecule has 0 aromatic rings. The van der Waals surface area contributed by atoms with Crippen molar-refractivity contribution in [1.82, 2.24) is 0 Å². The number of alkyl halides is 9. The summed E-state index contributed by atoms with van der Waals surface area (Å²) in [5.74, 6) is -12.2. The van der Waals surface area contributed by atoms with Gasteiger partial charge in [-0.25, -0.2) is 0 Å². The second-order valence-electron chi connectivity index (χ2n) is 2.69. The molecule has 0 spiro atoms. The highest BCUT2D eigenvalue weighted by molar-refractivity contribution is 4.94. The zero-order valence-corrected chi connectivity index (χ0v) is 6.69. The van der Waals surface area contributed by atoms with Gasteiger partial charge in [-0.05, 0) is 0 Å². The van der Waals surface area contributed by atoms with E-state index in [0.29, 0.717) is 0 Å². The Bertz CT molecular complexity index is 224. The van der Waals surface area contributed by atoms with Gasteiger partial charge in [-0.3, -0.25) is 5.73 Å². The van der Waals surface area contributed by atoms with E-state index in [1.54, 1.807) is 0 Å². The average Bonchev–Trinajstić information content (AvgIpc) is 1.77. The molecule has 0 saturated carbocycles. The van der Waals surface area contributed by atoms with Crippen LogP contribution in [-0.4, -0.2) is 24.1 Å². The van der Waals surface area contributed by atoms with E-state index >= 15 is 0 Å². The highest BCUT2D eigenvalue weighted by atomic mass is 19.4. The quantitative estimate of drug-likeness (QED) is 0.604. The first kappa shape index (κ1) is 14.3. The summed E-state index contributed by atoms with van der Waals surface area (Å²) in [6, 6.07) is -5.73. The first-order valence-electron chi connectivity index (χ1n) is 3.20. The fourth-order valence-corrected chi connectivity index (χ4v) is 0.607. The van der Waals surface area contributed by atoms with E-state index in [-0.39, 0.29) is 0 Å². The third kappa shape index (κ3) is 3.14. The van der Waals surface area contributed by atoms with Crippen LogP contribution < -0.4 is 5.73 Å². The SMILES string of the molecule is NC(F)(F)C(F)(F)C(F)(F)CC(F)(F)F. The van der Waals surface area contributed by atoms with Gasteiger partial charge < -0.3 is 0 Å². The highest BCUT2D eigenvalue weighted by Crippen LogP contribution is 2.47. The third-order valence-electron chi connectivity index (χ3n) is 1.30. The number of nitrogens with two attached hydrogens (primary N) is 1. The van der Waals surface area contributed by atoms with E-state index in [1.165, 1.54) is 0 Å². The van der Waals surface area contributed by atoms with Crippen molar-refractivity contribution in [2.75, 3.05) is 0 Å². The van der Waals surface area contributed by atoms with Crippen LogP contribution in [0.15, 0.2) is 0 Å². The molecule has 2 N–H and O–H groups in total. The Labute approximate surface area is 77.0 Å². The third-order valence-corrected chi connectivity index (χ3v) is 1.30. The molecule has 0 aliphatic rings. The van der Waals surface area contributed by atoms with E-state index in [4.69, 9.17) is 0 Å². The molecule has 0 fully saturated rings. The minimum Gasteiger partial charge on any atom is -0.267 e. The van der Waals surface area contributed by atoms with E-state index in [0.717, 1.165) is 0 Å². The molecule has 0 radical (unpaired) electrons. The first-order chi connectivity index (χ1) is 6.21. The summed E-state index contributed by atoms with van der Waals surface area (Å²) in [4.78, 5) is 0. The van der Waals surface area contributed by atoms with Crippen LogP contribution >= 0.6 is 0 Å². The van der Waals surface area contributed by atoms with E-state index < -0.39 is 30.5 Å². The Balaban J connectivity index is 5.03. The smallest absolute Gasteiger partial charge is 0.267 e. The van der Waals surface area contributed by atoms with Crippen LogP contribution in [0.25, 0.3) is 0 Å². The van der Waals surface area contributed by atoms with Crippen LogP contribution in [0.3, 0.4) is 0 Å². The van der Waals surface area contributed by atoms with Crippen molar-refractivity contribution in [3.05, 3.63) is 0 Å². The van der Waals surface area contributed by atoms with Crippen LogP contribution in [-0.2, 0) is 0 Å². The fourth-order valence-electron chi connectivity index (χ4n) is 0.607. The summed E-state index contributed by atoms with van der Waals surface area (Å²) < 4.78 is 106. The molecule has 0 aliphatic carbocycles. The minimum absolute atomic E-state index is 3.38. The summed E-state index contributed by atoms with van der Waals surface area (Å²) in [6.07, 6.45) is -9.09. The molecule has 0 rings (SSSR count). The number of hydrogen-bond donors (Lipinski definition) is 1. The van der Waals surface area contributed by atoms with Gasteiger partial charge in [0.25, 0.3) is 0 Å². The van der Waals surface area contributed by atoms with Crippen molar-refractivity contribution in [1.29, 1.82) is 0 Å². The summed E-state index contributed by atoms with van der Waals surface area (Å²) in [5.41, 5.74) is 3.39. The maximum atomic E-state index is 12.2. The average molecular weight is 249 g/mol. The van der Waals surface area contributed by atoms with Gasteiger partial charge in [0.15, 0.2) is 0 Å². The van der Waals surface area contributed by atoms with Crippen molar-refractivity contribution in [3.63, 3.8) is 0 Å². The number of halogens is 9. The molecule has 0 saturated heterocycles. The van der Waals surface area contributed by atoms with Crippen LogP contribution in [0.2, 0.25) is 0 Å². The van der Waals surface area contributed by atoms with Gasteiger partial charge in [0.1, 0.15) is 6.42 Å². The standard InChI is InChI=1S/C5H4F9N/c6-2(7,1-3(8,9)10)4(11,12)5(13,14)15/h1,15H2. The second kappa shape index (κ2) is 3.42. The minimum atomic E-state index is -6.27. The lowest BCUT2D eigenvalue weighted by Crippen LogP contribution is -2.59. The van der Waals surface area contributed by atoms with Gasteiger partial charge in [-0.1, -0.05) is 0 Å². The molecule has 0 aromatic carbocycles. The van der Waals surface area contributed by atoms with Crippen molar-refractivity contribution in [2.45, 2.75) is 30.5 Å². The van der Waals surface area contributed by atoms with Crippen molar-refractivity contribution in [2.24, 2.45) is 5.73 Å². The number of hydrogen-bond acceptors (Lipinski definition) is 1. The van der Waals surface area contributed by atoms with Crippen LogP contribution in [0.5, 0.6) is 0 Å². The Morgan fingerprint density at radius 1 is 0.733 bits per heavy atom. The predicted octanol–water partition coefficient (Wildman–Crippen LogP) is 2.76. The Kier molecular flexibility index (Phi) is 3.27. The van der Waals surface area contributed by atoms with Gasteiger partial charge in [-0.2, -0.15) is 39.5 Å². The lowest BCUT2D eigenvalue weighted by Gasteiger charge is -2.30. The lowest BCUT2D eigenvalue weighted by molar-refractivity contribution is -0.329. The largest absolute Gasteiger partial charge is 0.395 e. The summed E-state index contributed by atoms with van der Waals surface area (Å²) in [6.45, 7) is 0. The maximum absolute atomic E-state index is 12.2. The monoisotopic (exact) mass is 249 g/mol. The molecule has 0 unspecified atom stereocenters. The molecule has 0 bridgehead atoms. The second-order valence-corrected chi connectivity index (χ2v) is 2.69. The first-order valence-corrected chi connectivity index (χ1v) is 3.20. The lowest BCUT2D eigenvalue weighted by atomic mass is 10.1.